The lowest BCUT2D eigenvalue weighted by Gasteiger charge is -2.16. The lowest BCUT2D eigenvalue weighted by atomic mass is 10.1. The molecule has 0 fully saturated rings. The summed E-state index contributed by atoms with van der Waals surface area (Å²) in [6.45, 7) is 2.50. The molecule has 222 valence electrons. The first-order valence-corrected chi connectivity index (χ1v) is 16.9. The van der Waals surface area contributed by atoms with Crippen molar-refractivity contribution < 1.29 is 23.1 Å². The molecule has 1 amide bonds. The molecule has 0 saturated carbocycles. The van der Waals surface area contributed by atoms with E-state index in [1.807, 2.05) is 37.3 Å². The van der Waals surface area contributed by atoms with E-state index in [2.05, 4.69) is 15.0 Å². The number of anilines is 2. The van der Waals surface area contributed by atoms with E-state index in [4.69, 9.17) is 51.1 Å². The number of nitrogens with one attached hydrogen (secondary N) is 2. The van der Waals surface area contributed by atoms with Crippen LogP contribution >= 0.6 is 69.5 Å². The quantitative estimate of drug-likeness (QED) is 0.139. The fourth-order valence-corrected chi connectivity index (χ4v) is 8.36. The van der Waals surface area contributed by atoms with Crippen LogP contribution in [0.4, 0.5) is 11.4 Å². The minimum Gasteiger partial charge on any atom is -0.505 e. The molecular formula is C28H19Cl4N3O5S3. The first-order chi connectivity index (χ1) is 20.4. The van der Waals surface area contributed by atoms with Crippen molar-refractivity contribution >= 4 is 107 Å². The molecule has 0 radical (unpaired) electrons. The zero-order valence-corrected chi connectivity index (χ0v) is 27.3. The van der Waals surface area contributed by atoms with Gasteiger partial charge in [-0.2, -0.15) is 0 Å². The van der Waals surface area contributed by atoms with E-state index in [0.29, 0.717) is 12.3 Å². The molecule has 0 aliphatic heterocycles. The summed E-state index contributed by atoms with van der Waals surface area (Å²) in [7, 11) is -4.50. The second-order valence-electron chi connectivity index (χ2n) is 8.77. The Bertz CT molecular complexity index is 1970. The van der Waals surface area contributed by atoms with Gasteiger partial charge in [-0.1, -0.05) is 58.2 Å². The average Bonchev–Trinajstić information content (AvgIpc) is 3.34. The van der Waals surface area contributed by atoms with Crippen LogP contribution in [0.5, 0.6) is 11.5 Å². The number of halogens is 4. The van der Waals surface area contributed by atoms with Gasteiger partial charge in [-0.15, -0.1) is 11.3 Å². The van der Waals surface area contributed by atoms with Gasteiger partial charge in [-0.3, -0.25) is 9.52 Å². The van der Waals surface area contributed by atoms with Crippen molar-refractivity contribution in [3.8, 4) is 11.5 Å². The first kappa shape index (κ1) is 31.5. The number of aromatic nitrogens is 1. The predicted molar refractivity (Wildman–Crippen MR) is 175 cm³/mol. The van der Waals surface area contributed by atoms with E-state index in [9.17, 15) is 18.3 Å². The number of hydrogen-bond donors (Lipinski definition) is 3. The Morgan fingerprint density at radius 3 is 2.40 bits per heavy atom. The molecule has 0 aliphatic rings. The number of carbonyl (C=O) groups excluding carboxylic acids is 1. The molecule has 0 bridgehead atoms. The lowest BCUT2D eigenvalue weighted by Crippen LogP contribution is -2.19. The Morgan fingerprint density at radius 2 is 1.67 bits per heavy atom. The highest BCUT2D eigenvalue weighted by Crippen LogP contribution is 2.39. The normalized spacial score (nSPS) is 11.5. The van der Waals surface area contributed by atoms with E-state index in [-0.39, 0.29) is 31.3 Å². The van der Waals surface area contributed by atoms with Crippen LogP contribution in [0.15, 0.2) is 80.9 Å². The average molecular weight is 715 g/mol. The van der Waals surface area contributed by atoms with Gasteiger partial charge in [0.1, 0.15) is 10.6 Å². The number of benzene rings is 4. The summed E-state index contributed by atoms with van der Waals surface area (Å²) in [5.74, 6) is -0.637. The number of phenolic OH excluding ortho intramolecular Hbond substituents is 1. The topological polar surface area (TPSA) is 118 Å². The third-order valence-electron chi connectivity index (χ3n) is 5.79. The van der Waals surface area contributed by atoms with Crippen LogP contribution in [0.3, 0.4) is 0 Å². The first-order valence-electron chi connectivity index (χ1n) is 12.3. The lowest BCUT2D eigenvalue weighted by molar-refractivity contribution is 0.102. The highest BCUT2D eigenvalue weighted by Gasteiger charge is 2.26. The Morgan fingerprint density at radius 1 is 0.977 bits per heavy atom. The van der Waals surface area contributed by atoms with Gasteiger partial charge in [-0.25, -0.2) is 13.4 Å². The van der Waals surface area contributed by atoms with Crippen molar-refractivity contribution in [2.45, 2.75) is 21.1 Å². The minimum absolute atomic E-state index is 0.0243. The maximum Gasteiger partial charge on any atom is 0.265 e. The number of phenols is 1. The van der Waals surface area contributed by atoms with Crippen molar-refractivity contribution in [3.05, 3.63) is 92.4 Å². The van der Waals surface area contributed by atoms with Gasteiger partial charge < -0.3 is 15.2 Å². The zero-order valence-electron chi connectivity index (χ0n) is 21.8. The van der Waals surface area contributed by atoms with Gasteiger partial charge in [0.2, 0.25) is 0 Å². The molecule has 43 heavy (non-hydrogen) atoms. The summed E-state index contributed by atoms with van der Waals surface area (Å²) < 4.78 is 36.0. The van der Waals surface area contributed by atoms with Crippen molar-refractivity contribution in [2.24, 2.45) is 0 Å². The number of sulfonamides is 1. The number of ether oxygens (including phenoxy) is 1. The Hall–Kier alpha value is -2.90. The third kappa shape index (κ3) is 7.26. The number of amides is 1. The molecule has 0 unspecified atom stereocenters. The monoisotopic (exact) mass is 713 g/mol. The highest BCUT2D eigenvalue weighted by molar-refractivity contribution is 8.01. The number of rotatable bonds is 9. The standard InChI is InChI=1S/C28H19Cl4N3O5S3/c1-2-40-17-5-8-23-22(13-17)34-28(42-23)41-18-6-3-16(4-7-18)33-27(37)19-9-14(29)10-20(31)25(19)35-43(38,39)24-12-15(30)11-21(32)26(24)36/h3-13,35-36H,2H2,1H3,(H,33,37). The Balaban J connectivity index is 1.35. The summed E-state index contributed by atoms with van der Waals surface area (Å²) in [6.07, 6.45) is 0. The number of hydrogen-bond acceptors (Lipinski definition) is 8. The zero-order chi connectivity index (χ0) is 30.9. The molecule has 5 aromatic rings. The van der Waals surface area contributed by atoms with Crippen LogP contribution in [-0.4, -0.2) is 31.0 Å². The summed E-state index contributed by atoms with van der Waals surface area (Å²) in [5.41, 5.74) is 0.870. The van der Waals surface area contributed by atoms with Gasteiger partial charge in [0.25, 0.3) is 15.9 Å². The number of carbonyl (C=O) groups is 1. The minimum atomic E-state index is -4.50. The van der Waals surface area contributed by atoms with Gasteiger partial charge in [0, 0.05) is 26.7 Å². The molecule has 0 saturated heterocycles. The molecule has 8 nitrogen and oxygen atoms in total. The molecule has 4 aromatic carbocycles. The molecule has 5 rings (SSSR count). The predicted octanol–water partition coefficient (Wildman–Crippen LogP) is 9.22. The van der Waals surface area contributed by atoms with Crippen LogP contribution in [0.1, 0.15) is 17.3 Å². The van der Waals surface area contributed by atoms with E-state index in [1.54, 1.807) is 23.5 Å². The van der Waals surface area contributed by atoms with Gasteiger partial charge in [-0.05, 0) is 67.6 Å². The fraction of sp³-hybridized carbons (Fsp3) is 0.0714. The molecule has 0 spiro atoms. The van der Waals surface area contributed by atoms with Crippen molar-refractivity contribution in [2.75, 3.05) is 16.6 Å². The van der Waals surface area contributed by atoms with E-state index in [1.165, 1.54) is 30.0 Å². The van der Waals surface area contributed by atoms with Crippen LogP contribution in [0.25, 0.3) is 10.2 Å². The van der Waals surface area contributed by atoms with Crippen molar-refractivity contribution in [3.63, 3.8) is 0 Å². The maximum atomic E-state index is 13.3. The fourth-order valence-electron chi connectivity index (χ4n) is 3.88. The largest absolute Gasteiger partial charge is 0.505 e. The molecule has 0 atom stereocenters. The summed E-state index contributed by atoms with van der Waals surface area (Å²) >= 11 is 27.3. The molecule has 3 N–H and O–H groups in total. The molecule has 15 heteroatoms. The summed E-state index contributed by atoms with van der Waals surface area (Å²) in [4.78, 5) is 18.3. The van der Waals surface area contributed by atoms with E-state index in [0.717, 1.165) is 31.3 Å². The Kier molecular flexibility index (Phi) is 9.52. The Labute approximate surface area is 275 Å². The second-order valence-corrected chi connectivity index (χ2v) is 14.5. The summed E-state index contributed by atoms with van der Waals surface area (Å²) in [5, 5.41) is 12.6. The van der Waals surface area contributed by atoms with E-state index < -0.39 is 26.6 Å². The summed E-state index contributed by atoms with van der Waals surface area (Å²) in [6, 6.07) is 17.6. The number of thiazole rings is 1. The van der Waals surface area contributed by atoms with Crippen molar-refractivity contribution in [1.82, 2.24) is 4.98 Å². The van der Waals surface area contributed by atoms with Crippen LogP contribution in [0, 0.1) is 0 Å². The van der Waals surface area contributed by atoms with Gasteiger partial charge in [0.15, 0.2) is 10.1 Å². The van der Waals surface area contributed by atoms with Crippen molar-refractivity contribution in [1.29, 1.82) is 0 Å². The molecule has 1 aromatic heterocycles. The van der Waals surface area contributed by atoms with Crippen LogP contribution < -0.4 is 14.8 Å². The van der Waals surface area contributed by atoms with Crippen LogP contribution in [0.2, 0.25) is 20.1 Å². The SMILES string of the molecule is CCOc1ccc2sc(Sc3ccc(NC(=O)c4cc(Cl)cc(Cl)c4NS(=O)(=O)c4cc(Cl)cc(Cl)c4O)cc3)nc2c1. The van der Waals surface area contributed by atoms with Crippen LogP contribution in [-0.2, 0) is 10.0 Å². The molecule has 1 heterocycles. The van der Waals surface area contributed by atoms with E-state index >= 15 is 0 Å². The molecule has 0 aliphatic carbocycles. The number of nitrogens with zero attached hydrogens (tertiary/aromatic N) is 1. The molecular weight excluding hydrogens is 696 g/mol. The number of aromatic hydroxyl groups is 1. The third-order valence-corrected chi connectivity index (χ3v) is 10.3. The highest BCUT2D eigenvalue weighted by atomic mass is 35.5. The van der Waals surface area contributed by atoms with Gasteiger partial charge >= 0.3 is 0 Å². The van der Waals surface area contributed by atoms with Gasteiger partial charge in [0.05, 0.1) is 38.1 Å². The number of fused-ring (bicyclic) bond motifs is 1. The second kappa shape index (κ2) is 13.0. The maximum absolute atomic E-state index is 13.3. The smallest absolute Gasteiger partial charge is 0.265 e.